The molecule has 0 amide bonds. The smallest absolute Gasteiger partial charge is 0.119 e. The summed E-state index contributed by atoms with van der Waals surface area (Å²) >= 11 is 0. The maximum Gasteiger partial charge on any atom is 0.119 e. The summed E-state index contributed by atoms with van der Waals surface area (Å²) in [4.78, 5) is 0. The Hall–Kier alpha value is -1.75. The first kappa shape index (κ1) is 11.3. The van der Waals surface area contributed by atoms with Crippen molar-refractivity contribution in [2.75, 3.05) is 6.61 Å². The highest BCUT2D eigenvalue weighted by atomic mass is 16.5. The lowest BCUT2D eigenvalue weighted by atomic mass is 10.2. The second-order valence-corrected chi connectivity index (χ2v) is 3.74. The molecule has 0 unspecified atom stereocenters. The van der Waals surface area contributed by atoms with Gasteiger partial charge in [-0.2, -0.15) is 5.26 Å². The SMILES string of the molecule is CC(C)COc1ccc(/C=C/C#N)cc1. The van der Waals surface area contributed by atoms with E-state index in [0.717, 1.165) is 17.9 Å². The number of hydrogen-bond acceptors (Lipinski definition) is 2. The van der Waals surface area contributed by atoms with E-state index in [1.54, 1.807) is 6.08 Å². The number of allylic oxidation sites excluding steroid dienone is 1. The highest BCUT2D eigenvalue weighted by molar-refractivity contribution is 5.52. The van der Waals surface area contributed by atoms with E-state index in [1.807, 2.05) is 30.3 Å². The molecule has 0 atom stereocenters. The van der Waals surface area contributed by atoms with Crippen LogP contribution in [0.4, 0.5) is 0 Å². The Bertz CT molecular complexity index is 357. The Kier molecular flexibility index (Phi) is 4.43. The van der Waals surface area contributed by atoms with Crippen molar-refractivity contribution in [1.82, 2.24) is 0 Å². The Morgan fingerprint density at radius 2 is 2.00 bits per heavy atom. The molecule has 2 nitrogen and oxygen atoms in total. The minimum absolute atomic E-state index is 0.531. The van der Waals surface area contributed by atoms with E-state index in [9.17, 15) is 0 Å². The minimum atomic E-state index is 0.531. The molecule has 0 spiro atoms. The fraction of sp³-hybridized carbons (Fsp3) is 0.308. The van der Waals surface area contributed by atoms with Crippen LogP contribution < -0.4 is 4.74 Å². The van der Waals surface area contributed by atoms with E-state index in [-0.39, 0.29) is 0 Å². The molecule has 0 aromatic heterocycles. The van der Waals surface area contributed by atoms with Crippen LogP contribution in [0.25, 0.3) is 6.08 Å². The van der Waals surface area contributed by atoms with Gasteiger partial charge in [-0.05, 0) is 29.7 Å². The molecule has 0 N–H and O–H groups in total. The first-order valence-electron chi connectivity index (χ1n) is 5.01. The largest absolute Gasteiger partial charge is 0.493 e. The molecule has 0 heterocycles. The van der Waals surface area contributed by atoms with Crippen LogP contribution in [-0.2, 0) is 0 Å². The summed E-state index contributed by atoms with van der Waals surface area (Å²) in [5.41, 5.74) is 1.01. The van der Waals surface area contributed by atoms with Crippen molar-refractivity contribution < 1.29 is 4.74 Å². The molecule has 0 aliphatic rings. The molecule has 0 saturated heterocycles. The first-order valence-corrected chi connectivity index (χ1v) is 5.01. The van der Waals surface area contributed by atoms with Crippen molar-refractivity contribution in [2.24, 2.45) is 5.92 Å². The summed E-state index contributed by atoms with van der Waals surface area (Å²) in [7, 11) is 0. The van der Waals surface area contributed by atoms with Crippen LogP contribution in [-0.4, -0.2) is 6.61 Å². The molecule has 1 aromatic carbocycles. The van der Waals surface area contributed by atoms with Gasteiger partial charge in [-0.15, -0.1) is 0 Å². The fourth-order valence-corrected chi connectivity index (χ4v) is 1.07. The predicted molar refractivity (Wildman–Crippen MR) is 61.4 cm³/mol. The predicted octanol–water partition coefficient (Wildman–Crippen LogP) is 3.26. The lowest BCUT2D eigenvalue weighted by Crippen LogP contribution is -2.04. The number of hydrogen-bond donors (Lipinski definition) is 0. The molecule has 0 radical (unpaired) electrons. The van der Waals surface area contributed by atoms with Gasteiger partial charge in [0.15, 0.2) is 0 Å². The van der Waals surface area contributed by atoms with Gasteiger partial charge in [0.05, 0.1) is 12.7 Å². The Labute approximate surface area is 90.8 Å². The average Bonchev–Trinajstić information content (AvgIpc) is 2.25. The molecule has 15 heavy (non-hydrogen) atoms. The van der Waals surface area contributed by atoms with Crippen LogP contribution in [0, 0.1) is 17.2 Å². The second kappa shape index (κ2) is 5.87. The monoisotopic (exact) mass is 201 g/mol. The maximum absolute atomic E-state index is 8.37. The van der Waals surface area contributed by atoms with Gasteiger partial charge in [0, 0.05) is 6.08 Å². The summed E-state index contributed by atoms with van der Waals surface area (Å²) in [5.74, 6) is 1.40. The number of nitrogens with zero attached hydrogens (tertiary/aromatic N) is 1. The highest BCUT2D eigenvalue weighted by Crippen LogP contribution is 2.13. The summed E-state index contributed by atoms with van der Waals surface area (Å²) < 4.78 is 5.54. The van der Waals surface area contributed by atoms with Crippen molar-refractivity contribution in [3.63, 3.8) is 0 Å². The van der Waals surface area contributed by atoms with Crippen molar-refractivity contribution in [3.8, 4) is 11.8 Å². The van der Waals surface area contributed by atoms with Gasteiger partial charge in [-0.1, -0.05) is 26.0 Å². The van der Waals surface area contributed by atoms with Crippen molar-refractivity contribution in [1.29, 1.82) is 5.26 Å². The third kappa shape index (κ3) is 4.33. The van der Waals surface area contributed by atoms with Gasteiger partial charge >= 0.3 is 0 Å². The molecule has 1 rings (SSSR count). The van der Waals surface area contributed by atoms with Crippen LogP contribution >= 0.6 is 0 Å². The highest BCUT2D eigenvalue weighted by Gasteiger charge is 1.96. The lowest BCUT2D eigenvalue weighted by molar-refractivity contribution is 0.271. The Morgan fingerprint density at radius 1 is 1.33 bits per heavy atom. The molecular formula is C13H15NO. The van der Waals surface area contributed by atoms with Gasteiger partial charge in [-0.3, -0.25) is 0 Å². The molecule has 0 saturated carbocycles. The molecule has 0 bridgehead atoms. The van der Waals surface area contributed by atoms with E-state index in [0.29, 0.717) is 5.92 Å². The van der Waals surface area contributed by atoms with Gasteiger partial charge in [0.1, 0.15) is 5.75 Å². The van der Waals surface area contributed by atoms with Crippen LogP contribution in [0.1, 0.15) is 19.4 Å². The normalized spacial score (nSPS) is 10.5. The third-order valence-electron chi connectivity index (χ3n) is 1.81. The summed E-state index contributed by atoms with van der Waals surface area (Å²) in [5, 5.41) is 8.37. The molecule has 2 heteroatoms. The number of benzene rings is 1. The van der Waals surface area contributed by atoms with E-state index in [4.69, 9.17) is 10.00 Å². The second-order valence-electron chi connectivity index (χ2n) is 3.74. The van der Waals surface area contributed by atoms with Gasteiger partial charge in [-0.25, -0.2) is 0 Å². The molecule has 0 aliphatic carbocycles. The van der Waals surface area contributed by atoms with E-state index in [2.05, 4.69) is 13.8 Å². The zero-order valence-electron chi connectivity index (χ0n) is 9.10. The van der Waals surface area contributed by atoms with Crippen molar-refractivity contribution in [3.05, 3.63) is 35.9 Å². The van der Waals surface area contributed by atoms with Crippen molar-refractivity contribution >= 4 is 6.08 Å². The lowest BCUT2D eigenvalue weighted by Gasteiger charge is -2.08. The fourth-order valence-electron chi connectivity index (χ4n) is 1.07. The standard InChI is InChI=1S/C13H15NO/c1-11(2)10-15-13-7-5-12(6-8-13)4-3-9-14/h3-8,11H,10H2,1-2H3/b4-3+. The van der Waals surface area contributed by atoms with Crippen LogP contribution in [0.2, 0.25) is 0 Å². The van der Waals surface area contributed by atoms with Gasteiger partial charge in [0.25, 0.3) is 0 Å². The maximum atomic E-state index is 8.37. The summed E-state index contributed by atoms with van der Waals surface area (Å²) in [6.07, 6.45) is 3.23. The minimum Gasteiger partial charge on any atom is -0.493 e. The van der Waals surface area contributed by atoms with Crippen LogP contribution in [0.5, 0.6) is 5.75 Å². The van der Waals surface area contributed by atoms with E-state index < -0.39 is 0 Å². The molecular weight excluding hydrogens is 186 g/mol. The zero-order chi connectivity index (χ0) is 11.1. The number of nitriles is 1. The summed E-state index contributed by atoms with van der Waals surface area (Å²) in [6.45, 7) is 4.96. The van der Waals surface area contributed by atoms with E-state index in [1.165, 1.54) is 6.08 Å². The van der Waals surface area contributed by atoms with Crippen molar-refractivity contribution in [2.45, 2.75) is 13.8 Å². The number of ether oxygens (including phenoxy) is 1. The molecule has 78 valence electrons. The Balaban J connectivity index is 2.57. The topological polar surface area (TPSA) is 33.0 Å². The first-order chi connectivity index (χ1) is 7.22. The van der Waals surface area contributed by atoms with E-state index >= 15 is 0 Å². The molecule has 1 aromatic rings. The number of rotatable bonds is 4. The zero-order valence-corrected chi connectivity index (χ0v) is 9.10. The summed E-state index contributed by atoms with van der Waals surface area (Å²) in [6, 6.07) is 9.66. The average molecular weight is 201 g/mol. The quantitative estimate of drug-likeness (QED) is 0.700. The van der Waals surface area contributed by atoms with Gasteiger partial charge in [0.2, 0.25) is 0 Å². The molecule has 0 aliphatic heterocycles. The van der Waals surface area contributed by atoms with Crippen LogP contribution in [0.15, 0.2) is 30.3 Å². The molecule has 0 fully saturated rings. The Morgan fingerprint density at radius 3 is 2.53 bits per heavy atom. The van der Waals surface area contributed by atoms with Crippen LogP contribution in [0.3, 0.4) is 0 Å². The third-order valence-corrected chi connectivity index (χ3v) is 1.81. The van der Waals surface area contributed by atoms with Gasteiger partial charge < -0.3 is 4.74 Å².